The number of piperazine rings is 1. The van der Waals surface area contributed by atoms with E-state index in [9.17, 15) is 4.79 Å². The van der Waals surface area contributed by atoms with E-state index in [0.717, 1.165) is 93.2 Å². The number of methoxy groups -OCH3 is 1. The molecule has 44 heavy (non-hydrogen) atoms. The molecule has 2 aliphatic carbocycles. The summed E-state index contributed by atoms with van der Waals surface area (Å²) in [4.78, 5) is 26.9. The van der Waals surface area contributed by atoms with E-state index in [1.54, 1.807) is 13.3 Å². The minimum absolute atomic E-state index is 0.369. The lowest BCUT2D eigenvalue weighted by atomic mass is 9.60. The average Bonchev–Trinajstić information content (AvgIpc) is 3.70. The minimum Gasteiger partial charge on any atom is -0.493 e. The Balaban J connectivity index is 0.825. The van der Waals surface area contributed by atoms with Crippen LogP contribution in [0.2, 0.25) is 0 Å². The molecule has 9 nitrogen and oxygen atoms in total. The molecule has 4 aliphatic rings. The summed E-state index contributed by atoms with van der Waals surface area (Å²) in [5.41, 5.74) is 4.15. The van der Waals surface area contributed by atoms with Crippen LogP contribution in [0.15, 0.2) is 60.9 Å². The highest BCUT2D eigenvalue weighted by Gasteiger charge is 2.54. The molecular weight excluding hydrogens is 554 g/mol. The largest absolute Gasteiger partial charge is 0.493 e. The Kier molecular flexibility index (Phi) is 6.95. The number of rotatable bonds is 10. The SMILES string of the molecule is COc1cc(CN2CCN(C3CC4(C3)CN(c3ccc(C=O)c(Oc5cnc6[nH]ccc6c5)c3)C4)CC2)ccc1OC1CC1. The van der Waals surface area contributed by atoms with E-state index in [-0.39, 0.29) is 0 Å². The van der Waals surface area contributed by atoms with E-state index in [0.29, 0.717) is 34.6 Å². The van der Waals surface area contributed by atoms with Crippen molar-refractivity contribution in [3.8, 4) is 23.0 Å². The number of fused-ring (bicyclic) bond motifs is 1. The Morgan fingerprint density at radius 2 is 1.82 bits per heavy atom. The second-order valence-electron chi connectivity index (χ2n) is 13.1. The number of hydrogen-bond acceptors (Lipinski definition) is 8. The van der Waals surface area contributed by atoms with Crippen molar-refractivity contribution in [2.45, 2.75) is 44.4 Å². The number of benzene rings is 2. The molecule has 0 unspecified atom stereocenters. The maximum absolute atomic E-state index is 11.8. The van der Waals surface area contributed by atoms with Gasteiger partial charge in [0.2, 0.25) is 0 Å². The number of aldehydes is 1. The van der Waals surface area contributed by atoms with E-state index in [2.05, 4.69) is 42.9 Å². The van der Waals surface area contributed by atoms with Crippen molar-refractivity contribution in [2.24, 2.45) is 5.41 Å². The molecule has 228 valence electrons. The lowest BCUT2D eigenvalue weighted by Gasteiger charge is -2.62. The van der Waals surface area contributed by atoms with Crippen LogP contribution in [0.4, 0.5) is 5.69 Å². The Bertz CT molecular complexity index is 1660. The summed E-state index contributed by atoms with van der Waals surface area (Å²) < 4.78 is 17.8. The molecule has 0 atom stereocenters. The lowest BCUT2D eigenvalue weighted by molar-refractivity contribution is -0.0380. The molecule has 2 aromatic carbocycles. The third-order valence-corrected chi connectivity index (χ3v) is 9.86. The second-order valence-corrected chi connectivity index (χ2v) is 13.1. The van der Waals surface area contributed by atoms with Crippen LogP contribution < -0.4 is 19.1 Å². The standard InChI is InChI=1S/C35H39N5O4/c1-42-33-14-24(2-7-31(33)43-29-5-6-29)20-38-10-12-39(13-11-38)28-17-35(18-28)22-40(23-35)27-4-3-26(21-41)32(16-27)44-30-15-25-8-9-36-34(25)37-19-30/h2-4,7-9,14-16,19,21,28-29H,5-6,10-13,17-18,20,22-23H2,1H3,(H,36,37). The fourth-order valence-electron chi connectivity index (χ4n) is 7.23. The molecule has 2 aromatic heterocycles. The summed E-state index contributed by atoms with van der Waals surface area (Å²) in [6.07, 6.45) is 9.59. The van der Waals surface area contributed by atoms with Gasteiger partial charge in [-0.15, -0.1) is 0 Å². The van der Waals surface area contributed by atoms with Gasteiger partial charge in [-0.1, -0.05) is 6.07 Å². The van der Waals surface area contributed by atoms with Crippen molar-refractivity contribution in [1.29, 1.82) is 0 Å². The highest BCUT2D eigenvalue weighted by atomic mass is 16.5. The van der Waals surface area contributed by atoms with Crippen molar-refractivity contribution in [3.05, 3.63) is 72.1 Å². The number of hydrogen-bond donors (Lipinski definition) is 1. The van der Waals surface area contributed by atoms with Crippen LogP contribution in [-0.4, -0.2) is 84.6 Å². The zero-order chi connectivity index (χ0) is 29.7. The van der Waals surface area contributed by atoms with Crippen molar-refractivity contribution in [3.63, 3.8) is 0 Å². The number of carbonyl (C=O) groups excluding carboxylic acids is 1. The van der Waals surface area contributed by atoms with Gasteiger partial charge in [0, 0.05) is 80.6 Å². The summed E-state index contributed by atoms with van der Waals surface area (Å²) >= 11 is 0. The molecule has 0 amide bonds. The maximum Gasteiger partial charge on any atom is 0.161 e. The van der Waals surface area contributed by atoms with Gasteiger partial charge >= 0.3 is 0 Å². The van der Waals surface area contributed by atoms with Gasteiger partial charge in [-0.05, 0) is 67.6 Å². The predicted octanol–water partition coefficient (Wildman–Crippen LogP) is 5.50. The molecule has 1 spiro atoms. The van der Waals surface area contributed by atoms with E-state index in [1.165, 1.54) is 18.4 Å². The van der Waals surface area contributed by atoms with Gasteiger partial charge in [-0.25, -0.2) is 4.98 Å². The average molecular weight is 594 g/mol. The lowest BCUT2D eigenvalue weighted by Crippen LogP contribution is -2.68. The van der Waals surface area contributed by atoms with Crippen LogP contribution in [0, 0.1) is 5.41 Å². The quantitative estimate of drug-likeness (QED) is 0.241. The van der Waals surface area contributed by atoms with Crippen LogP contribution in [0.1, 0.15) is 41.6 Å². The third-order valence-electron chi connectivity index (χ3n) is 9.86. The summed E-state index contributed by atoms with van der Waals surface area (Å²) in [5, 5.41) is 0.974. The number of pyridine rings is 1. The number of H-pyrrole nitrogens is 1. The first-order valence-corrected chi connectivity index (χ1v) is 15.8. The maximum atomic E-state index is 11.8. The highest BCUT2D eigenvalue weighted by Crippen LogP contribution is 2.52. The van der Waals surface area contributed by atoms with Gasteiger partial charge in [-0.2, -0.15) is 0 Å². The number of aromatic nitrogens is 2. The Hall–Kier alpha value is -4.08. The summed E-state index contributed by atoms with van der Waals surface area (Å²) in [6.45, 7) is 7.51. The van der Waals surface area contributed by atoms with Crippen LogP contribution in [0.5, 0.6) is 23.0 Å². The molecule has 2 aliphatic heterocycles. The van der Waals surface area contributed by atoms with Crippen molar-refractivity contribution >= 4 is 23.0 Å². The normalized spacial score (nSPS) is 20.3. The molecule has 9 heteroatoms. The van der Waals surface area contributed by atoms with E-state index >= 15 is 0 Å². The minimum atomic E-state index is 0.369. The Morgan fingerprint density at radius 3 is 2.59 bits per heavy atom. The number of anilines is 1. The summed E-state index contributed by atoms with van der Waals surface area (Å²) in [6, 6.07) is 16.9. The van der Waals surface area contributed by atoms with E-state index < -0.39 is 0 Å². The first-order chi connectivity index (χ1) is 21.6. The Labute approximate surface area is 257 Å². The first-order valence-electron chi connectivity index (χ1n) is 15.8. The van der Waals surface area contributed by atoms with Gasteiger partial charge in [0.25, 0.3) is 0 Å². The molecule has 4 fully saturated rings. The molecule has 2 saturated heterocycles. The van der Waals surface area contributed by atoms with E-state index in [1.807, 2.05) is 36.5 Å². The third kappa shape index (κ3) is 5.39. The highest BCUT2D eigenvalue weighted by molar-refractivity contribution is 5.82. The molecule has 0 radical (unpaired) electrons. The number of aromatic amines is 1. The van der Waals surface area contributed by atoms with Gasteiger partial charge < -0.3 is 24.1 Å². The van der Waals surface area contributed by atoms with Crippen molar-refractivity contribution < 1.29 is 19.0 Å². The van der Waals surface area contributed by atoms with Gasteiger partial charge in [-0.3, -0.25) is 14.6 Å². The fraction of sp³-hybridized carbons (Fsp3) is 0.429. The van der Waals surface area contributed by atoms with Gasteiger partial charge in [0.15, 0.2) is 17.8 Å². The second kappa shape index (κ2) is 11.1. The molecule has 1 N–H and O–H groups in total. The zero-order valence-electron chi connectivity index (χ0n) is 25.2. The summed E-state index contributed by atoms with van der Waals surface area (Å²) in [5.74, 6) is 2.90. The molecule has 2 saturated carbocycles. The van der Waals surface area contributed by atoms with Crippen LogP contribution in [-0.2, 0) is 6.54 Å². The van der Waals surface area contributed by atoms with Crippen LogP contribution in [0.25, 0.3) is 11.0 Å². The smallest absolute Gasteiger partial charge is 0.161 e. The van der Waals surface area contributed by atoms with Crippen LogP contribution >= 0.6 is 0 Å². The Morgan fingerprint density at radius 1 is 0.977 bits per heavy atom. The molecule has 4 heterocycles. The zero-order valence-corrected chi connectivity index (χ0v) is 25.2. The number of nitrogens with one attached hydrogen (secondary N) is 1. The van der Waals surface area contributed by atoms with Crippen molar-refractivity contribution in [1.82, 2.24) is 19.8 Å². The van der Waals surface area contributed by atoms with Gasteiger partial charge in [0.1, 0.15) is 17.1 Å². The number of carbonyl (C=O) groups is 1. The topological polar surface area (TPSA) is 83.2 Å². The fourth-order valence-corrected chi connectivity index (χ4v) is 7.23. The number of nitrogens with zero attached hydrogens (tertiary/aromatic N) is 4. The van der Waals surface area contributed by atoms with Crippen LogP contribution in [0.3, 0.4) is 0 Å². The van der Waals surface area contributed by atoms with E-state index in [4.69, 9.17) is 14.2 Å². The number of ether oxygens (including phenoxy) is 3. The monoisotopic (exact) mass is 593 g/mol. The molecule has 4 aromatic rings. The molecular formula is C35H39N5O4. The first kappa shape index (κ1) is 27.5. The molecule has 0 bridgehead atoms. The van der Waals surface area contributed by atoms with Crippen molar-refractivity contribution in [2.75, 3.05) is 51.3 Å². The molecule has 8 rings (SSSR count). The summed E-state index contributed by atoms with van der Waals surface area (Å²) in [7, 11) is 1.73. The van der Waals surface area contributed by atoms with Gasteiger partial charge in [0.05, 0.1) is 25.0 Å². The predicted molar refractivity (Wildman–Crippen MR) is 169 cm³/mol.